The fraction of sp³-hybridized carbons (Fsp3) is 0. The summed E-state index contributed by atoms with van der Waals surface area (Å²) in [5.74, 6) is 0.177. The minimum Gasteiger partial charge on any atom is -0.457 e. The van der Waals surface area contributed by atoms with Gasteiger partial charge in [-0.3, -0.25) is 0 Å². The predicted molar refractivity (Wildman–Crippen MR) is 88.0 cm³/mol. The molecular formula is C19H12F2N2O. The number of nitrogens with zero attached hydrogens (tertiary/aromatic N) is 1. The molecular weight excluding hydrogens is 310 g/mol. The van der Waals surface area contributed by atoms with Gasteiger partial charge in [-0.15, -0.1) is 0 Å². The Hall–Kier alpha value is -3.21. The zero-order chi connectivity index (χ0) is 16.5. The first-order valence-electron chi connectivity index (χ1n) is 7.37. The topological polar surface area (TPSA) is 37.9 Å². The fourth-order valence-electron chi connectivity index (χ4n) is 2.45. The van der Waals surface area contributed by atoms with E-state index in [4.69, 9.17) is 4.74 Å². The van der Waals surface area contributed by atoms with Crippen LogP contribution >= 0.6 is 0 Å². The van der Waals surface area contributed by atoms with E-state index in [-0.39, 0.29) is 0 Å². The molecule has 0 bridgehead atoms. The number of nitrogens with one attached hydrogen (secondary N) is 1. The maximum Gasteiger partial charge on any atom is 0.161 e. The van der Waals surface area contributed by atoms with Crippen LogP contribution in [0.15, 0.2) is 66.7 Å². The molecule has 0 fully saturated rings. The number of benzene rings is 3. The maximum atomic E-state index is 13.3. The summed E-state index contributed by atoms with van der Waals surface area (Å²) in [6.45, 7) is 0. The Morgan fingerprint density at radius 3 is 2.21 bits per heavy atom. The summed E-state index contributed by atoms with van der Waals surface area (Å²) in [6.07, 6.45) is 0. The van der Waals surface area contributed by atoms with E-state index in [1.807, 2.05) is 54.6 Å². The minimum atomic E-state index is -0.910. The smallest absolute Gasteiger partial charge is 0.161 e. The van der Waals surface area contributed by atoms with Crippen LogP contribution in [0.2, 0.25) is 0 Å². The molecule has 0 aliphatic carbocycles. The zero-order valence-corrected chi connectivity index (χ0v) is 12.5. The maximum absolute atomic E-state index is 13.3. The minimum absolute atomic E-state index is 0.383. The van der Waals surface area contributed by atoms with Crippen LogP contribution in [0, 0.1) is 11.6 Å². The molecule has 0 aliphatic heterocycles. The van der Waals surface area contributed by atoms with Crippen LogP contribution in [0.3, 0.4) is 0 Å². The van der Waals surface area contributed by atoms with Crippen molar-refractivity contribution in [2.24, 2.45) is 0 Å². The molecule has 5 heteroatoms. The van der Waals surface area contributed by atoms with Gasteiger partial charge >= 0.3 is 0 Å². The number of hydrogen-bond acceptors (Lipinski definition) is 2. The van der Waals surface area contributed by atoms with Gasteiger partial charge in [-0.25, -0.2) is 13.8 Å². The third-order valence-corrected chi connectivity index (χ3v) is 3.63. The highest BCUT2D eigenvalue weighted by molar-refractivity contribution is 5.79. The number of rotatable bonds is 3. The van der Waals surface area contributed by atoms with Crippen molar-refractivity contribution in [1.29, 1.82) is 0 Å². The monoisotopic (exact) mass is 322 g/mol. The van der Waals surface area contributed by atoms with Crippen LogP contribution in [0.1, 0.15) is 0 Å². The Morgan fingerprint density at radius 2 is 1.46 bits per heavy atom. The van der Waals surface area contributed by atoms with Crippen molar-refractivity contribution in [3.8, 4) is 22.9 Å². The van der Waals surface area contributed by atoms with Gasteiger partial charge in [-0.05, 0) is 36.4 Å². The van der Waals surface area contributed by atoms with Crippen LogP contribution < -0.4 is 4.74 Å². The van der Waals surface area contributed by atoms with Gasteiger partial charge in [0, 0.05) is 17.7 Å². The van der Waals surface area contributed by atoms with Crippen LogP contribution in [0.25, 0.3) is 22.4 Å². The molecule has 4 rings (SSSR count). The summed E-state index contributed by atoms with van der Waals surface area (Å²) in [4.78, 5) is 7.29. The molecule has 1 N–H and O–H groups in total. The van der Waals surface area contributed by atoms with Crippen molar-refractivity contribution >= 4 is 11.0 Å². The summed E-state index contributed by atoms with van der Waals surface area (Å²) < 4.78 is 32.3. The zero-order valence-electron chi connectivity index (χ0n) is 12.5. The summed E-state index contributed by atoms with van der Waals surface area (Å²) in [5, 5.41) is 0. The molecule has 3 aromatic carbocycles. The number of ether oxygens (including phenoxy) is 1. The number of para-hydroxylation sites is 1. The Kier molecular flexibility index (Phi) is 3.46. The van der Waals surface area contributed by atoms with Crippen LogP contribution in [0.5, 0.6) is 11.5 Å². The second-order valence-electron chi connectivity index (χ2n) is 5.31. The van der Waals surface area contributed by atoms with Gasteiger partial charge in [-0.2, -0.15) is 0 Å². The third kappa shape index (κ3) is 2.72. The molecule has 4 aromatic rings. The normalized spacial score (nSPS) is 10.9. The van der Waals surface area contributed by atoms with Crippen LogP contribution in [-0.2, 0) is 0 Å². The molecule has 0 saturated carbocycles. The van der Waals surface area contributed by atoms with Gasteiger partial charge in [0.25, 0.3) is 0 Å². The summed E-state index contributed by atoms with van der Waals surface area (Å²) >= 11 is 0. The lowest BCUT2D eigenvalue weighted by Gasteiger charge is -2.05. The van der Waals surface area contributed by atoms with E-state index in [9.17, 15) is 8.78 Å². The molecule has 1 aromatic heterocycles. The lowest BCUT2D eigenvalue weighted by atomic mass is 10.2. The average molecular weight is 322 g/mol. The number of imidazole rings is 1. The fourth-order valence-corrected chi connectivity index (χ4v) is 2.45. The predicted octanol–water partition coefficient (Wildman–Crippen LogP) is 5.30. The number of aromatic nitrogens is 2. The molecule has 118 valence electrons. The quantitative estimate of drug-likeness (QED) is 0.556. The second-order valence-corrected chi connectivity index (χ2v) is 5.31. The van der Waals surface area contributed by atoms with Crippen LogP contribution in [-0.4, -0.2) is 9.97 Å². The average Bonchev–Trinajstić information content (AvgIpc) is 2.99. The Bertz CT molecular complexity index is 956. The molecule has 0 atom stereocenters. The van der Waals surface area contributed by atoms with Gasteiger partial charge in [0.15, 0.2) is 11.6 Å². The Morgan fingerprint density at radius 1 is 0.792 bits per heavy atom. The number of halogens is 2. The van der Waals surface area contributed by atoms with Crippen molar-refractivity contribution in [3.63, 3.8) is 0 Å². The highest BCUT2D eigenvalue weighted by atomic mass is 19.2. The molecule has 0 saturated heterocycles. The lowest BCUT2D eigenvalue weighted by Crippen LogP contribution is -1.84. The summed E-state index contributed by atoms with van der Waals surface area (Å²) in [5.41, 5.74) is 1.63. The largest absolute Gasteiger partial charge is 0.457 e. The van der Waals surface area contributed by atoms with Crippen molar-refractivity contribution in [2.75, 3.05) is 0 Å². The van der Waals surface area contributed by atoms with Crippen molar-refractivity contribution < 1.29 is 13.5 Å². The van der Waals surface area contributed by atoms with Gasteiger partial charge < -0.3 is 9.72 Å². The van der Waals surface area contributed by atoms with Gasteiger partial charge in [-0.1, -0.05) is 18.2 Å². The van der Waals surface area contributed by atoms with Crippen molar-refractivity contribution in [1.82, 2.24) is 9.97 Å². The summed E-state index contributed by atoms with van der Waals surface area (Å²) in [7, 11) is 0. The number of fused-ring (bicyclic) bond motifs is 1. The molecule has 1 heterocycles. The Labute approximate surface area is 136 Å². The lowest BCUT2D eigenvalue weighted by molar-refractivity contribution is 0.483. The van der Waals surface area contributed by atoms with Gasteiger partial charge in [0.2, 0.25) is 0 Å². The van der Waals surface area contributed by atoms with Gasteiger partial charge in [0.1, 0.15) is 17.3 Å². The first kappa shape index (κ1) is 14.4. The van der Waals surface area contributed by atoms with E-state index in [2.05, 4.69) is 9.97 Å². The second kappa shape index (κ2) is 5.77. The first-order valence-corrected chi connectivity index (χ1v) is 7.37. The molecule has 0 spiro atoms. The molecule has 0 aliphatic rings. The molecule has 0 amide bonds. The standard InChI is InChI=1S/C19H12F2N2O/c20-15-10-17-18(11-16(15)21)23-19(22-17)12-6-8-14(9-7-12)24-13-4-2-1-3-5-13/h1-11H,(H,22,23). The number of aromatic amines is 1. The molecule has 3 nitrogen and oxygen atoms in total. The molecule has 0 radical (unpaired) electrons. The molecule has 0 unspecified atom stereocenters. The van der Waals surface area contributed by atoms with Gasteiger partial charge in [0.05, 0.1) is 11.0 Å². The van der Waals surface area contributed by atoms with Crippen LogP contribution in [0.4, 0.5) is 8.78 Å². The number of H-pyrrole nitrogens is 1. The van der Waals surface area contributed by atoms with Crippen molar-refractivity contribution in [2.45, 2.75) is 0 Å². The van der Waals surface area contributed by atoms with E-state index in [1.165, 1.54) is 0 Å². The highest BCUT2D eigenvalue weighted by Crippen LogP contribution is 2.26. The van der Waals surface area contributed by atoms with E-state index in [0.29, 0.717) is 22.6 Å². The highest BCUT2D eigenvalue weighted by Gasteiger charge is 2.10. The van der Waals surface area contributed by atoms with E-state index < -0.39 is 11.6 Å². The number of hydrogen-bond donors (Lipinski definition) is 1. The van der Waals surface area contributed by atoms with Crippen molar-refractivity contribution in [3.05, 3.63) is 78.4 Å². The van der Waals surface area contributed by atoms with E-state index in [0.717, 1.165) is 23.4 Å². The van der Waals surface area contributed by atoms with E-state index in [1.54, 1.807) is 0 Å². The Balaban J connectivity index is 1.63. The van der Waals surface area contributed by atoms with E-state index >= 15 is 0 Å². The summed E-state index contributed by atoms with van der Waals surface area (Å²) in [6, 6.07) is 19.0. The third-order valence-electron chi connectivity index (χ3n) is 3.63. The first-order chi connectivity index (χ1) is 11.7. The molecule has 24 heavy (non-hydrogen) atoms. The SMILES string of the molecule is Fc1cc2nc(-c3ccc(Oc4ccccc4)cc3)[nH]c2cc1F.